The Bertz CT molecular complexity index is 735. The molecule has 0 radical (unpaired) electrons. The Morgan fingerprint density at radius 2 is 2.10 bits per heavy atom. The van der Waals surface area contributed by atoms with Crippen LogP contribution in [0.5, 0.6) is 0 Å². The Hall–Kier alpha value is -1.11. The van der Waals surface area contributed by atoms with Gasteiger partial charge >= 0.3 is 0 Å². The molecule has 0 unspecified atom stereocenters. The zero-order valence-electron chi connectivity index (χ0n) is 10.6. The van der Waals surface area contributed by atoms with Crippen molar-refractivity contribution in [2.75, 3.05) is 4.72 Å². The second kappa shape index (κ2) is 6.11. The van der Waals surface area contributed by atoms with Crippen molar-refractivity contribution in [2.24, 2.45) is 0 Å². The van der Waals surface area contributed by atoms with E-state index in [4.69, 9.17) is 11.6 Å². The largest absolute Gasteiger partial charge is 0.279 e. The van der Waals surface area contributed by atoms with Gasteiger partial charge in [-0.25, -0.2) is 13.4 Å². The van der Waals surface area contributed by atoms with Crippen molar-refractivity contribution >= 4 is 43.2 Å². The quantitative estimate of drug-likeness (QED) is 0.826. The van der Waals surface area contributed by atoms with Crippen LogP contribution in [-0.2, 0) is 16.4 Å². The summed E-state index contributed by atoms with van der Waals surface area (Å²) in [4.78, 5) is 3.75. The molecule has 2 aromatic rings. The molecule has 20 heavy (non-hydrogen) atoms. The minimum absolute atomic E-state index is 0.0355. The van der Waals surface area contributed by atoms with Gasteiger partial charge in [0.05, 0.1) is 5.69 Å². The molecule has 0 saturated carbocycles. The Kier molecular flexibility index (Phi) is 4.67. The van der Waals surface area contributed by atoms with Gasteiger partial charge in [0.1, 0.15) is 10.0 Å². The van der Waals surface area contributed by atoms with Crippen molar-refractivity contribution in [1.29, 1.82) is 0 Å². The number of hydrogen-bond donors (Lipinski definition) is 1. The zero-order chi connectivity index (χ0) is 14.8. The van der Waals surface area contributed by atoms with Crippen LogP contribution in [0.25, 0.3) is 0 Å². The van der Waals surface area contributed by atoms with E-state index in [0.717, 1.165) is 10.0 Å². The Labute approximate surface area is 131 Å². The van der Waals surface area contributed by atoms with Gasteiger partial charge in [-0.3, -0.25) is 4.72 Å². The zero-order valence-corrected chi connectivity index (χ0v) is 13.8. The van der Waals surface area contributed by atoms with E-state index in [1.54, 1.807) is 12.1 Å². The third kappa shape index (κ3) is 3.31. The maximum Gasteiger partial charge on any atom is 0.264 e. The van der Waals surface area contributed by atoms with E-state index < -0.39 is 10.0 Å². The van der Waals surface area contributed by atoms with Crippen LogP contribution in [0, 0.1) is 0 Å². The van der Waals surface area contributed by atoms with Crippen LogP contribution in [0.1, 0.15) is 12.5 Å². The van der Waals surface area contributed by atoms with Crippen LogP contribution in [0.15, 0.2) is 45.9 Å². The minimum atomic E-state index is -3.75. The first-order chi connectivity index (χ1) is 9.44. The Balaban J connectivity index is 2.41. The van der Waals surface area contributed by atoms with Crippen LogP contribution in [0.3, 0.4) is 0 Å². The molecule has 2 rings (SSSR count). The summed E-state index contributed by atoms with van der Waals surface area (Å²) in [6, 6.07) is 8.32. The van der Waals surface area contributed by atoms with Crippen LogP contribution in [0.4, 0.5) is 5.69 Å². The molecule has 0 fully saturated rings. The van der Waals surface area contributed by atoms with Crippen molar-refractivity contribution < 1.29 is 8.42 Å². The van der Waals surface area contributed by atoms with Gasteiger partial charge in [-0.15, -0.1) is 0 Å². The summed E-state index contributed by atoms with van der Waals surface area (Å²) in [5.41, 5.74) is 1.43. The second-order valence-corrected chi connectivity index (χ2v) is 6.98. The number of anilines is 1. The molecule has 106 valence electrons. The van der Waals surface area contributed by atoms with Crippen LogP contribution >= 0.6 is 27.5 Å². The van der Waals surface area contributed by atoms with E-state index >= 15 is 0 Å². The van der Waals surface area contributed by atoms with Gasteiger partial charge in [0.2, 0.25) is 0 Å². The molecule has 1 heterocycles. The molecule has 1 aromatic carbocycles. The summed E-state index contributed by atoms with van der Waals surface area (Å²) in [6.07, 6.45) is 2.15. The molecule has 0 aliphatic carbocycles. The van der Waals surface area contributed by atoms with E-state index in [1.165, 1.54) is 18.3 Å². The summed E-state index contributed by atoms with van der Waals surface area (Å²) in [7, 11) is -3.75. The van der Waals surface area contributed by atoms with Crippen molar-refractivity contribution in [1.82, 2.24) is 4.98 Å². The van der Waals surface area contributed by atoms with Crippen LogP contribution < -0.4 is 4.72 Å². The number of aromatic nitrogens is 1. The highest BCUT2D eigenvalue weighted by Gasteiger charge is 2.19. The Morgan fingerprint density at radius 3 is 2.75 bits per heavy atom. The van der Waals surface area contributed by atoms with Gasteiger partial charge < -0.3 is 0 Å². The van der Waals surface area contributed by atoms with Crippen LogP contribution in [-0.4, -0.2) is 13.4 Å². The lowest BCUT2D eigenvalue weighted by atomic mass is 10.1. The van der Waals surface area contributed by atoms with E-state index in [0.29, 0.717) is 12.1 Å². The first-order valence-corrected chi connectivity index (χ1v) is 8.51. The highest BCUT2D eigenvalue weighted by atomic mass is 79.9. The molecule has 0 atom stereocenters. The third-order valence-electron chi connectivity index (χ3n) is 2.71. The lowest BCUT2D eigenvalue weighted by molar-refractivity contribution is 0.601. The number of aryl methyl sites for hydroxylation is 1. The van der Waals surface area contributed by atoms with E-state index in [-0.39, 0.29) is 10.0 Å². The first-order valence-electron chi connectivity index (χ1n) is 5.86. The molecule has 0 saturated heterocycles. The number of halogens is 2. The highest BCUT2D eigenvalue weighted by Crippen LogP contribution is 2.26. The summed E-state index contributed by atoms with van der Waals surface area (Å²) < 4.78 is 28.1. The number of nitrogens with zero attached hydrogens (tertiary/aromatic N) is 1. The normalized spacial score (nSPS) is 11.3. The molecule has 1 aromatic heterocycles. The van der Waals surface area contributed by atoms with E-state index in [2.05, 4.69) is 25.6 Å². The van der Waals surface area contributed by atoms with Crippen molar-refractivity contribution in [3.8, 4) is 0 Å². The fraction of sp³-hybridized carbons (Fsp3) is 0.154. The molecule has 0 bridgehead atoms. The first kappa shape index (κ1) is 15.3. The van der Waals surface area contributed by atoms with Gasteiger partial charge in [-0.1, -0.05) is 34.5 Å². The van der Waals surface area contributed by atoms with Gasteiger partial charge in [0.15, 0.2) is 0 Å². The number of sulfonamides is 1. The topological polar surface area (TPSA) is 59.1 Å². The molecular formula is C13H12BrClN2O2S. The number of rotatable bonds is 4. The number of nitrogens with one attached hydrogen (secondary N) is 1. The number of pyridine rings is 1. The smallest absolute Gasteiger partial charge is 0.264 e. The molecule has 7 heteroatoms. The number of benzene rings is 1. The fourth-order valence-electron chi connectivity index (χ4n) is 1.73. The molecule has 0 aliphatic heterocycles. The molecule has 0 aliphatic rings. The van der Waals surface area contributed by atoms with Gasteiger partial charge in [-0.05, 0) is 42.3 Å². The van der Waals surface area contributed by atoms with Crippen molar-refractivity contribution in [2.45, 2.75) is 18.2 Å². The predicted molar refractivity (Wildman–Crippen MR) is 83.6 cm³/mol. The van der Waals surface area contributed by atoms with E-state index in [1.807, 2.05) is 13.0 Å². The average molecular weight is 376 g/mol. The molecular weight excluding hydrogens is 364 g/mol. The standard InChI is InChI=1S/C13H12BrClN2O2S/c1-2-9-8-10(14)5-6-11(9)17-20(18,19)12-4-3-7-16-13(12)15/h3-8,17H,2H2,1H3. The fourth-order valence-corrected chi connectivity index (χ4v) is 3.69. The highest BCUT2D eigenvalue weighted by molar-refractivity contribution is 9.10. The molecule has 0 spiro atoms. The maximum absolute atomic E-state index is 12.3. The average Bonchev–Trinajstić information content (AvgIpc) is 2.41. The monoisotopic (exact) mass is 374 g/mol. The second-order valence-electron chi connectivity index (χ2n) is 4.05. The summed E-state index contributed by atoms with van der Waals surface area (Å²) in [5.74, 6) is 0. The Morgan fingerprint density at radius 1 is 1.35 bits per heavy atom. The van der Waals surface area contributed by atoms with Gasteiger partial charge in [0.25, 0.3) is 10.0 Å². The SMILES string of the molecule is CCc1cc(Br)ccc1NS(=O)(=O)c1cccnc1Cl. The summed E-state index contributed by atoms with van der Waals surface area (Å²) >= 11 is 9.20. The van der Waals surface area contributed by atoms with Gasteiger partial charge in [-0.2, -0.15) is 0 Å². The lowest BCUT2D eigenvalue weighted by Gasteiger charge is -2.12. The van der Waals surface area contributed by atoms with Crippen molar-refractivity contribution in [3.63, 3.8) is 0 Å². The van der Waals surface area contributed by atoms with E-state index in [9.17, 15) is 8.42 Å². The predicted octanol–water partition coefficient (Wildman–Crippen LogP) is 3.86. The van der Waals surface area contributed by atoms with Crippen molar-refractivity contribution in [3.05, 3.63) is 51.7 Å². The number of hydrogen-bond acceptors (Lipinski definition) is 3. The summed E-state index contributed by atoms with van der Waals surface area (Å²) in [5, 5.41) is -0.0461. The third-order valence-corrected chi connectivity index (χ3v) is 5.01. The van der Waals surface area contributed by atoms with Crippen LogP contribution in [0.2, 0.25) is 5.15 Å². The van der Waals surface area contributed by atoms with Gasteiger partial charge in [0, 0.05) is 10.7 Å². The molecule has 4 nitrogen and oxygen atoms in total. The lowest BCUT2D eigenvalue weighted by Crippen LogP contribution is -2.15. The molecule has 1 N–H and O–H groups in total. The minimum Gasteiger partial charge on any atom is -0.279 e. The maximum atomic E-state index is 12.3. The summed E-state index contributed by atoms with van der Waals surface area (Å²) in [6.45, 7) is 1.95. The molecule has 0 amide bonds.